The summed E-state index contributed by atoms with van der Waals surface area (Å²) in [6, 6.07) is 3.83. The molecule has 1 fully saturated rings. The number of carbonyl (C=O) groups excluding carboxylic acids is 2. The Balaban J connectivity index is 2.14. The Hall–Kier alpha value is -2.11. The zero-order valence-electron chi connectivity index (χ0n) is 14.3. The maximum atomic E-state index is 12.2. The predicted molar refractivity (Wildman–Crippen MR) is 88.2 cm³/mol. The van der Waals surface area contributed by atoms with Gasteiger partial charge >= 0.3 is 6.09 Å². The van der Waals surface area contributed by atoms with Gasteiger partial charge in [-0.2, -0.15) is 0 Å². The third-order valence-corrected chi connectivity index (χ3v) is 3.79. The maximum absolute atomic E-state index is 12.2. The topological polar surface area (TPSA) is 62.7 Å². The molecule has 0 aromatic carbocycles. The Kier molecular flexibility index (Phi) is 5.23. The van der Waals surface area contributed by atoms with Gasteiger partial charge in [0.15, 0.2) is 0 Å². The molecule has 0 radical (unpaired) electrons. The molecular formula is C17H25N3O3. The van der Waals surface area contributed by atoms with Crippen molar-refractivity contribution in [3.63, 3.8) is 0 Å². The van der Waals surface area contributed by atoms with E-state index >= 15 is 0 Å². The van der Waals surface area contributed by atoms with Crippen molar-refractivity contribution in [1.29, 1.82) is 0 Å². The molecule has 6 nitrogen and oxygen atoms in total. The van der Waals surface area contributed by atoms with Crippen molar-refractivity contribution in [2.24, 2.45) is 0 Å². The lowest BCUT2D eigenvalue weighted by Gasteiger charge is -2.26. The second-order valence-corrected chi connectivity index (χ2v) is 6.68. The summed E-state index contributed by atoms with van der Waals surface area (Å²) in [5, 5.41) is 0. The number of nitrogens with zero attached hydrogens (tertiary/aromatic N) is 3. The number of carbonyl (C=O) groups is 2. The first-order valence-corrected chi connectivity index (χ1v) is 8.03. The Morgan fingerprint density at radius 2 is 2.22 bits per heavy atom. The average molecular weight is 319 g/mol. The highest BCUT2D eigenvalue weighted by Crippen LogP contribution is 2.30. The molecule has 2 amide bonds. The van der Waals surface area contributed by atoms with E-state index in [9.17, 15) is 9.59 Å². The maximum Gasteiger partial charge on any atom is 0.415 e. The molecule has 0 aliphatic carbocycles. The number of likely N-dealkylation sites (tertiary alicyclic amines) is 1. The summed E-state index contributed by atoms with van der Waals surface area (Å²) in [7, 11) is 0. The largest absolute Gasteiger partial charge is 0.443 e. The molecule has 1 aromatic heterocycles. The fourth-order valence-corrected chi connectivity index (χ4v) is 2.73. The van der Waals surface area contributed by atoms with Crippen molar-refractivity contribution in [1.82, 2.24) is 9.88 Å². The smallest absolute Gasteiger partial charge is 0.415 e. The molecule has 0 bridgehead atoms. The first-order chi connectivity index (χ1) is 10.9. The van der Waals surface area contributed by atoms with Crippen molar-refractivity contribution in [3.05, 3.63) is 23.9 Å². The fourth-order valence-electron chi connectivity index (χ4n) is 2.73. The van der Waals surface area contributed by atoms with Crippen molar-refractivity contribution < 1.29 is 14.3 Å². The Morgan fingerprint density at radius 1 is 1.48 bits per heavy atom. The molecule has 0 unspecified atom stereocenters. The molecule has 126 valence electrons. The third kappa shape index (κ3) is 4.21. The van der Waals surface area contributed by atoms with E-state index in [4.69, 9.17) is 4.74 Å². The van der Waals surface area contributed by atoms with Gasteiger partial charge in [-0.25, -0.2) is 9.78 Å². The minimum absolute atomic E-state index is 0.0886. The Labute approximate surface area is 137 Å². The summed E-state index contributed by atoms with van der Waals surface area (Å²) >= 11 is 0. The number of rotatable bonds is 4. The number of aromatic nitrogens is 1. The summed E-state index contributed by atoms with van der Waals surface area (Å²) in [6.07, 6.45) is 4.18. The molecule has 1 aliphatic rings. The van der Waals surface area contributed by atoms with Crippen LogP contribution < -0.4 is 4.90 Å². The molecular weight excluding hydrogens is 294 g/mol. The molecule has 2 heterocycles. The fraction of sp³-hybridized carbons (Fsp3) is 0.588. The minimum Gasteiger partial charge on any atom is -0.443 e. The second-order valence-electron chi connectivity index (χ2n) is 6.68. The lowest BCUT2D eigenvalue weighted by molar-refractivity contribution is -0.118. The van der Waals surface area contributed by atoms with Gasteiger partial charge in [-0.05, 0) is 52.2 Å². The molecule has 2 rings (SSSR count). The normalized spacial score (nSPS) is 17.9. The van der Waals surface area contributed by atoms with Gasteiger partial charge in [0.2, 0.25) is 6.41 Å². The number of hydrogen-bond donors (Lipinski definition) is 0. The van der Waals surface area contributed by atoms with Crippen LogP contribution in [0, 0.1) is 0 Å². The van der Waals surface area contributed by atoms with Crippen LogP contribution in [-0.2, 0) is 9.53 Å². The van der Waals surface area contributed by atoms with E-state index in [1.165, 1.54) is 4.90 Å². The van der Waals surface area contributed by atoms with Crippen molar-refractivity contribution in [2.75, 3.05) is 18.0 Å². The van der Waals surface area contributed by atoms with Gasteiger partial charge in [0, 0.05) is 19.3 Å². The number of anilines is 1. The minimum atomic E-state index is -0.543. The summed E-state index contributed by atoms with van der Waals surface area (Å²) in [4.78, 5) is 31.0. The van der Waals surface area contributed by atoms with E-state index in [2.05, 4.69) is 4.98 Å². The van der Waals surface area contributed by atoms with E-state index in [-0.39, 0.29) is 6.04 Å². The highest BCUT2D eigenvalue weighted by Gasteiger charge is 2.26. The van der Waals surface area contributed by atoms with Crippen molar-refractivity contribution in [3.8, 4) is 0 Å². The molecule has 0 N–H and O–H groups in total. The summed E-state index contributed by atoms with van der Waals surface area (Å²) < 4.78 is 5.40. The van der Waals surface area contributed by atoms with Crippen molar-refractivity contribution in [2.45, 2.75) is 52.2 Å². The quantitative estimate of drug-likeness (QED) is 0.800. The van der Waals surface area contributed by atoms with E-state index in [0.717, 1.165) is 31.4 Å². The molecule has 1 atom stereocenters. The summed E-state index contributed by atoms with van der Waals surface area (Å²) in [5.41, 5.74) is 0.456. The monoisotopic (exact) mass is 319 g/mol. The second kappa shape index (κ2) is 6.98. The molecule has 0 saturated carbocycles. The van der Waals surface area contributed by atoms with Crippen LogP contribution in [0.2, 0.25) is 0 Å². The third-order valence-electron chi connectivity index (χ3n) is 3.79. The Morgan fingerprint density at radius 3 is 2.74 bits per heavy atom. The van der Waals surface area contributed by atoms with Crippen LogP contribution in [0.3, 0.4) is 0 Å². The highest BCUT2D eigenvalue weighted by molar-refractivity contribution is 5.86. The van der Waals surface area contributed by atoms with Crippen LogP contribution in [0.15, 0.2) is 18.3 Å². The van der Waals surface area contributed by atoms with Gasteiger partial charge in [0.25, 0.3) is 0 Å². The Bertz CT molecular complexity index is 551. The van der Waals surface area contributed by atoms with Crippen LogP contribution in [0.25, 0.3) is 0 Å². The van der Waals surface area contributed by atoms with Gasteiger partial charge in [-0.1, -0.05) is 6.07 Å². The predicted octanol–water partition coefficient (Wildman–Crippen LogP) is 3.14. The van der Waals surface area contributed by atoms with Gasteiger partial charge in [-0.3, -0.25) is 9.69 Å². The molecule has 6 heteroatoms. The summed E-state index contributed by atoms with van der Waals surface area (Å²) in [5.74, 6) is 0.557. The first kappa shape index (κ1) is 17.2. The number of hydrogen-bond acceptors (Lipinski definition) is 4. The van der Waals surface area contributed by atoms with Crippen molar-refractivity contribution >= 4 is 18.3 Å². The summed E-state index contributed by atoms with van der Waals surface area (Å²) in [6.45, 7) is 8.65. The standard InChI is InChI=1S/C17H25N3O3/c1-5-20(16(22)23-17(2,3)4)15-9-8-13(11-18-15)14-7-6-10-19(14)12-21/h8-9,11-12,14H,5-7,10H2,1-4H3/t14-/m1/s1. The number of amides is 2. The average Bonchev–Trinajstić information content (AvgIpc) is 2.95. The van der Waals surface area contributed by atoms with Gasteiger partial charge < -0.3 is 9.64 Å². The van der Waals surface area contributed by atoms with E-state index in [0.29, 0.717) is 12.4 Å². The van der Waals surface area contributed by atoms with Gasteiger partial charge in [0.1, 0.15) is 11.4 Å². The molecule has 1 aliphatic heterocycles. The van der Waals surface area contributed by atoms with E-state index in [1.807, 2.05) is 39.8 Å². The van der Waals surface area contributed by atoms with Crippen LogP contribution in [0.5, 0.6) is 0 Å². The lowest BCUT2D eigenvalue weighted by atomic mass is 10.1. The zero-order chi connectivity index (χ0) is 17.0. The van der Waals surface area contributed by atoms with Crippen LogP contribution in [0.1, 0.15) is 52.1 Å². The molecule has 1 saturated heterocycles. The highest BCUT2D eigenvalue weighted by atomic mass is 16.6. The molecule has 0 spiro atoms. The lowest BCUT2D eigenvalue weighted by Crippen LogP contribution is -2.37. The van der Waals surface area contributed by atoms with E-state index in [1.54, 1.807) is 11.1 Å². The number of pyridine rings is 1. The van der Waals surface area contributed by atoms with Crippen LogP contribution in [-0.4, -0.2) is 41.1 Å². The zero-order valence-corrected chi connectivity index (χ0v) is 14.3. The molecule has 1 aromatic rings. The SMILES string of the molecule is CCN(C(=O)OC(C)(C)C)c1ccc([C@H]2CCCN2C=O)cn1. The van der Waals surface area contributed by atoms with Gasteiger partial charge in [-0.15, -0.1) is 0 Å². The van der Waals surface area contributed by atoms with E-state index < -0.39 is 11.7 Å². The number of ether oxygens (including phenoxy) is 1. The van der Waals surface area contributed by atoms with Crippen LogP contribution in [0.4, 0.5) is 10.6 Å². The first-order valence-electron chi connectivity index (χ1n) is 8.03. The van der Waals surface area contributed by atoms with Crippen LogP contribution >= 0.6 is 0 Å². The molecule has 23 heavy (non-hydrogen) atoms. The van der Waals surface area contributed by atoms with Gasteiger partial charge in [0.05, 0.1) is 6.04 Å².